The fourth-order valence-electron chi connectivity index (χ4n) is 11.1. The Kier molecular flexibility index (Phi) is 7.45. The second kappa shape index (κ2) is 13.3. The van der Waals surface area contributed by atoms with E-state index in [-0.39, 0.29) is 0 Å². The predicted molar refractivity (Wildman–Crippen MR) is 267 cm³/mol. The molecule has 0 radical (unpaired) electrons. The van der Waals surface area contributed by atoms with Gasteiger partial charge in [-0.25, -0.2) is 0 Å². The Morgan fingerprint density at radius 2 is 1.00 bits per heavy atom. The van der Waals surface area contributed by atoms with Crippen molar-refractivity contribution in [2.45, 2.75) is 15.2 Å². The van der Waals surface area contributed by atoms with Crippen molar-refractivity contribution >= 4 is 92.9 Å². The van der Waals surface area contributed by atoms with Crippen LogP contribution in [0.5, 0.6) is 0 Å². The molecule has 0 amide bonds. The van der Waals surface area contributed by atoms with Gasteiger partial charge in [0.25, 0.3) is 0 Å². The van der Waals surface area contributed by atoms with Crippen molar-refractivity contribution in [1.82, 2.24) is 4.57 Å². The third kappa shape index (κ3) is 4.91. The highest BCUT2D eigenvalue weighted by Crippen LogP contribution is 2.62. The summed E-state index contributed by atoms with van der Waals surface area (Å²) < 4.78 is 5.03. The first-order chi connectivity index (χ1) is 31.2. The van der Waals surface area contributed by atoms with E-state index in [2.05, 4.69) is 228 Å². The molecule has 1 spiro atoms. The summed E-state index contributed by atoms with van der Waals surface area (Å²) in [5, 5.41) is 7.66. The van der Waals surface area contributed by atoms with Crippen molar-refractivity contribution in [3.63, 3.8) is 0 Å². The molecule has 294 valence electrons. The van der Waals surface area contributed by atoms with Gasteiger partial charge < -0.3 is 9.47 Å². The highest BCUT2D eigenvalue weighted by atomic mass is 32.2. The van der Waals surface area contributed by atoms with E-state index in [0.717, 1.165) is 22.7 Å². The number of hydrogen-bond donors (Lipinski definition) is 0. The van der Waals surface area contributed by atoms with Gasteiger partial charge in [-0.1, -0.05) is 151 Å². The summed E-state index contributed by atoms with van der Waals surface area (Å²) in [7, 11) is 0. The molecule has 2 aliphatic rings. The Hall–Kier alpha value is -7.37. The topological polar surface area (TPSA) is 8.17 Å². The average Bonchev–Trinajstić information content (AvgIpc) is 3.88. The molecule has 0 atom stereocenters. The van der Waals surface area contributed by atoms with Crippen molar-refractivity contribution in [3.05, 3.63) is 241 Å². The van der Waals surface area contributed by atoms with Crippen molar-refractivity contribution in [2.24, 2.45) is 0 Å². The molecule has 0 bridgehead atoms. The maximum absolute atomic E-state index is 2.53. The summed E-state index contributed by atoms with van der Waals surface area (Å²) in [4.78, 5) is 5.10. The lowest BCUT2D eigenvalue weighted by atomic mass is 9.59. The SMILES string of the molecule is c1ccc(-n2c3ccccc3c3ccc(N(c4ccc5c(c4)C4(c6ccccc6Sc6ccccc64)c4cccc6cccc-5c46)c4ccc5sc6ccccc6c5c4)cc32)cc1. The third-order valence-electron chi connectivity index (χ3n) is 13.6. The minimum Gasteiger partial charge on any atom is -0.310 e. The lowest BCUT2D eigenvalue weighted by Gasteiger charge is -2.46. The van der Waals surface area contributed by atoms with Crippen molar-refractivity contribution in [2.75, 3.05) is 4.90 Å². The molecule has 2 aromatic heterocycles. The van der Waals surface area contributed by atoms with Gasteiger partial charge in [0.05, 0.1) is 16.4 Å². The maximum atomic E-state index is 2.53. The molecular formula is C59H36N2S2. The second-order valence-electron chi connectivity index (χ2n) is 16.8. The van der Waals surface area contributed by atoms with Crippen LogP contribution in [0.15, 0.2) is 228 Å². The lowest BCUT2D eigenvalue weighted by Crippen LogP contribution is -2.36. The molecule has 0 unspecified atom stereocenters. The molecule has 12 aromatic rings. The van der Waals surface area contributed by atoms with Crippen LogP contribution in [0.4, 0.5) is 17.1 Å². The van der Waals surface area contributed by atoms with Gasteiger partial charge >= 0.3 is 0 Å². The van der Waals surface area contributed by atoms with Crippen molar-refractivity contribution in [1.29, 1.82) is 0 Å². The molecule has 0 saturated carbocycles. The van der Waals surface area contributed by atoms with Crippen LogP contribution in [-0.2, 0) is 5.41 Å². The molecule has 4 heteroatoms. The first-order valence-corrected chi connectivity index (χ1v) is 23.2. The van der Waals surface area contributed by atoms with Gasteiger partial charge in [0, 0.05) is 63.5 Å². The standard InChI is InChI=1S/C59H36N2S2/c1-2-16-38(17-3-1)61-52-24-8-4-18-43(52)44-32-29-41(36-53(44)61)60(39-30-33-55-47(34-39)45-19-5-9-25-54(45)62-55)40-28-31-42-46-20-12-14-37-15-13-23-50(58(37)46)59(51(42)35-40)48-21-6-10-26-56(48)63-57-27-11-7-22-49(57)59/h1-36H. The summed E-state index contributed by atoms with van der Waals surface area (Å²) in [6.07, 6.45) is 0. The van der Waals surface area contributed by atoms with Crippen LogP contribution in [0.1, 0.15) is 22.3 Å². The minimum atomic E-state index is -0.555. The zero-order chi connectivity index (χ0) is 41.2. The number of aromatic nitrogens is 1. The molecule has 0 saturated heterocycles. The average molecular weight is 837 g/mol. The number of benzene rings is 10. The summed E-state index contributed by atoms with van der Waals surface area (Å²) in [6, 6.07) is 81.8. The van der Waals surface area contributed by atoms with E-state index in [4.69, 9.17) is 0 Å². The molecule has 63 heavy (non-hydrogen) atoms. The summed E-state index contributed by atoms with van der Waals surface area (Å²) >= 11 is 3.76. The van der Waals surface area contributed by atoms with E-state index < -0.39 is 5.41 Å². The molecule has 14 rings (SSSR count). The lowest BCUT2D eigenvalue weighted by molar-refractivity contribution is 0.707. The molecule has 0 N–H and O–H groups in total. The number of fused-ring (bicyclic) bond motifs is 14. The second-order valence-corrected chi connectivity index (χ2v) is 19.0. The molecule has 2 nitrogen and oxygen atoms in total. The normalized spacial score (nSPS) is 13.5. The van der Waals surface area contributed by atoms with Crippen LogP contribution < -0.4 is 4.90 Å². The summed E-state index contributed by atoms with van der Waals surface area (Å²) in [6.45, 7) is 0. The monoisotopic (exact) mass is 836 g/mol. The first-order valence-electron chi connectivity index (χ1n) is 21.6. The predicted octanol–water partition coefficient (Wildman–Crippen LogP) is 16.6. The number of rotatable bonds is 4. The zero-order valence-corrected chi connectivity index (χ0v) is 35.6. The Labute approximate surface area is 372 Å². The Morgan fingerprint density at radius 1 is 0.381 bits per heavy atom. The van der Waals surface area contributed by atoms with Crippen molar-refractivity contribution in [3.8, 4) is 16.8 Å². The van der Waals surface area contributed by atoms with Crippen molar-refractivity contribution < 1.29 is 0 Å². The van der Waals surface area contributed by atoms with Gasteiger partial charge in [-0.05, 0) is 123 Å². The highest BCUT2D eigenvalue weighted by molar-refractivity contribution is 7.99. The Bertz CT molecular complexity index is 3810. The zero-order valence-electron chi connectivity index (χ0n) is 34.0. The van der Waals surface area contributed by atoms with Gasteiger partial charge in [0.1, 0.15) is 0 Å². The Morgan fingerprint density at radius 3 is 1.84 bits per heavy atom. The molecule has 0 fully saturated rings. The Balaban J connectivity index is 1.09. The van der Waals surface area contributed by atoms with E-state index in [1.807, 2.05) is 23.1 Å². The fourth-order valence-corrected chi connectivity index (χ4v) is 13.3. The smallest absolute Gasteiger partial charge is 0.0736 e. The van der Waals surface area contributed by atoms with E-state index >= 15 is 0 Å². The summed E-state index contributed by atoms with van der Waals surface area (Å²) in [5.74, 6) is 0. The first kappa shape index (κ1) is 35.2. The molecule has 10 aromatic carbocycles. The van der Waals surface area contributed by atoms with Gasteiger partial charge in [0.2, 0.25) is 0 Å². The van der Waals surface area contributed by atoms with Crippen LogP contribution in [0.3, 0.4) is 0 Å². The van der Waals surface area contributed by atoms with Gasteiger partial charge in [-0.2, -0.15) is 0 Å². The molecule has 1 aliphatic carbocycles. The van der Waals surface area contributed by atoms with E-state index in [1.54, 1.807) is 0 Å². The maximum Gasteiger partial charge on any atom is 0.0736 e. The highest BCUT2D eigenvalue weighted by Gasteiger charge is 2.48. The van der Waals surface area contributed by atoms with E-state index in [1.165, 1.54) is 95.9 Å². The van der Waals surface area contributed by atoms with Crippen LogP contribution in [0.2, 0.25) is 0 Å². The quantitative estimate of drug-likeness (QED) is 0.174. The third-order valence-corrected chi connectivity index (χ3v) is 15.9. The fraction of sp³-hybridized carbons (Fsp3) is 0.0169. The van der Waals surface area contributed by atoms with Crippen LogP contribution in [-0.4, -0.2) is 4.57 Å². The molecule has 1 aliphatic heterocycles. The minimum absolute atomic E-state index is 0.555. The summed E-state index contributed by atoms with van der Waals surface area (Å²) in [5.41, 5.74) is 14.2. The number of thiophene rings is 1. The van der Waals surface area contributed by atoms with E-state index in [9.17, 15) is 0 Å². The van der Waals surface area contributed by atoms with Gasteiger partial charge in [0.15, 0.2) is 0 Å². The largest absolute Gasteiger partial charge is 0.310 e. The number of hydrogen-bond acceptors (Lipinski definition) is 3. The molecule has 3 heterocycles. The van der Waals surface area contributed by atoms with E-state index in [0.29, 0.717) is 0 Å². The van der Waals surface area contributed by atoms with Crippen LogP contribution in [0, 0.1) is 0 Å². The number of para-hydroxylation sites is 2. The van der Waals surface area contributed by atoms with Gasteiger partial charge in [-0.15, -0.1) is 11.3 Å². The van der Waals surface area contributed by atoms with Crippen LogP contribution >= 0.6 is 23.1 Å². The number of nitrogens with zero attached hydrogens (tertiary/aromatic N) is 2. The van der Waals surface area contributed by atoms with Gasteiger partial charge in [-0.3, -0.25) is 0 Å². The molecular weight excluding hydrogens is 801 g/mol. The van der Waals surface area contributed by atoms with Crippen LogP contribution in [0.25, 0.3) is 69.6 Å². The number of anilines is 3.